The minimum Gasteiger partial charge on any atom is -0.312 e. The average molecular weight is 295 g/mol. The van der Waals surface area contributed by atoms with E-state index in [1.54, 1.807) is 4.67 Å². The second-order valence-corrected chi connectivity index (χ2v) is 6.48. The number of rotatable bonds is 9. The molecule has 0 heterocycles. The van der Waals surface area contributed by atoms with E-state index in [1.165, 1.54) is 6.08 Å². The van der Waals surface area contributed by atoms with Crippen LogP contribution in [0.5, 0.6) is 0 Å². The highest BCUT2D eigenvalue weighted by Gasteiger charge is 2.29. The molecule has 0 aromatic heterocycles. The van der Waals surface area contributed by atoms with E-state index < -0.39 is 7.52 Å². The van der Waals surface area contributed by atoms with Gasteiger partial charge in [-0.25, -0.2) is 4.67 Å². The van der Waals surface area contributed by atoms with Crippen molar-refractivity contribution < 1.29 is 9.09 Å². The first kappa shape index (κ1) is 15.8. The summed E-state index contributed by atoms with van der Waals surface area (Å²) in [7, 11) is -3.00. The van der Waals surface area contributed by atoms with E-state index in [1.807, 2.05) is 0 Å². The average Bonchev–Trinajstić information content (AvgIpc) is 2.25. The molecule has 0 saturated carbocycles. The fourth-order valence-electron chi connectivity index (χ4n) is 0.973. The first-order chi connectivity index (χ1) is 7.14. The highest BCUT2D eigenvalue weighted by atomic mass is 35.5. The number of nitrogens with zero attached hydrogens (tertiary/aromatic N) is 1. The molecular weight excluding hydrogens is 279 g/mol. The summed E-state index contributed by atoms with van der Waals surface area (Å²) in [6, 6.07) is 0. The molecule has 0 fully saturated rings. The predicted octanol–water partition coefficient (Wildman–Crippen LogP) is 3.36. The van der Waals surface area contributed by atoms with Gasteiger partial charge >= 0.3 is 0 Å². The van der Waals surface area contributed by atoms with Crippen molar-refractivity contribution in [2.45, 2.75) is 0 Å². The second-order valence-electron chi connectivity index (χ2n) is 2.67. The molecular formula is C8H15Cl3NO2P. The van der Waals surface area contributed by atoms with E-state index in [4.69, 9.17) is 39.3 Å². The van der Waals surface area contributed by atoms with Crippen molar-refractivity contribution in [1.29, 1.82) is 0 Å². The Morgan fingerprint density at radius 3 is 2.13 bits per heavy atom. The van der Waals surface area contributed by atoms with Gasteiger partial charge in [-0.2, -0.15) is 0 Å². The van der Waals surface area contributed by atoms with E-state index in [9.17, 15) is 4.57 Å². The largest absolute Gasteiger partial charge is 0.312 e. The van der Waals surface area contributed by atoms with E-state index in [0.29, 0.717) is 24.8 Å². The molecule has 1 unspecified atom stereocenters. The zero-order chi connectivity index (χ0) is 11.7. The molecule has 0 spiro atoms. The van der Waals surface area contributed by atoms with Crippen LogP contribution in [0, 0.1) is 0 Å². The lowest BCUT2D eigenvalue weighted by molar-refractivity contribution is 0.296. The van der Waals surface area contributed by atoms with Gasteiger partial charge in [0.05, 0.1) is 6.61 Å². The number of hydrogen-bond donors (Lipinski definition) is 0. The van der Waals surface area contributed by atoms with Crippen molar-refractivity contribution in [2.24, 2.45) is 0 Å². The van der Waals surface area contributed by atoms with Crippen molar-refractivity contribution in [1.82, 2.24) is 4.67 Å². The number of alkyl halides is 3. The smallest absolute Gasteiger partial charge is 0.287 e. The minimum atomic E-state index is -3.00. The maximum atomic E-state index is 12.2. The van der Waals surface area contributed by atoms with Crippen LogP contribution in [0.3, 0.4) is 0 Å². The Morgan fingerprint density at radius 1 is 1.27 bits per heavy atom. The molecule has 0 rings (SSSR count). The van der Waals surface area contributed by atoms with Crippen molar-refractivity contribution in [3.05, 3.63) is 12.7 Å². The van der Waals surface area contributed by atoms with Crippen LogP contribution in [0.25, 0.3) is 0 Å². The molecule has 7 heteroatoms. The molecule has 0 aliphatic rings. The van der Waals surface area contributed by atoms with E-state index in [2.05, 4.69) is 6.58 Å². The van der Waals surface area contributed by atoms with Crippen LogP contribution in [0.1, 0.15) is 0 Å². The van der Waals surface area contributed by atoms with E-state index in [-0.39, 0.29) is 12.2 Å². The van der Waals surface area contributed by atoms with Gasteiger partial charge in [-0.05, 0) is 0 Å². The Hall–Kier alpha value is 0.760. The van der Waals surface area contributed by atoms with Gasteiger partial charge in [0.15, 0.2) is 0 Å². The summed E-state index contributed by atoms with van der Waals surface area (Å²) in [6.07, 6.45) is 1.53. The predicted molar refractivity (Wildman–Crippen MR) is 67.5 cm³/mol. The lowest BCUT2D eigenvalue weighted by atomic mass is 10.6. The van der Waals surface area contributed by atoms with Crippen LogP contribution in [0.2, 0.25) is 0 Å². The molecule has 3 nitrogen and oxygen atoms in total. The summed E-state index contributed by atoms with van der Waals surface area (Å²) in [5.74, 6) is 0.713. The van der Waals surface area contributed by atoms with E-state index in [0.717, 1.165) is 0 Å². The van der Waals surface area contributed by atoms with Gasteiger partial charge in [0.1, 0.15) is 5.62 Å². The van der Waals surface area contributed by atoms with Crippen LogP contribution in [-0.2, 0) is 9.09 Å². The summed E-state index contributed by atoms with van der Waals surface area (Å²) >= 11 is 16.9. The number of hydrogen-bond acceptors (Lipinski definition) is 2. The number of halogens is 3. The SMILES string of the molecule is C=CCOP(=O)(CCl)N(CCCl)CCCl. The summed E-state index contributed by atoms with van der Waals surface area (Å²) in [5.41, 5.74) is -0.0748. The molecule has 15 heavy (non-hydrogen) atoms. The topological polar surface area (TPSA) is 29.5 Å². The molecule has 0 amide bonds. The summed E-state index contributed by atoms with van der Waals surface area (Å²) in [6.45, 7) is 4.57. The monoisotopic (exact) mass is 293 g/mol. The molecule has 0 aliphatic carbocycles. The van der Waals surface area contributed by atoms with Crippen molar-refractivity contribution in [3.8, 4) is 0 Å². The first-order valence-electron chi connectivity index (χ1n) is 4.42. The lowest BCUT2D eigenvalue weighted by Gasteiger charge is -2.28. The summed E-state index contributed by atoms with van der Waals surface area (Å²) in [5, 5.41) is 0. The van der Waals surface area contributed by atoms with Gasteiger partial charge in [0.2, 0.25) is 0 Å². The second kappa shape index (κ2) is 8.86. The first-order valence-corrected chi connectivity index (χ1v) is 7.79. The van der Waals surface area contributed by atoms with Gasteiger partial charge in [-0.3, -0.25) is 4.57 Å². The van der Waals surface area contributed by atoms with Gasteiger partial charge in [0, 0.05) is 24.8 Å². The third-order valence-electron chi connectivity index (χ3n) is 1.66. The molecule has 0 aliphatic heterocycles. The molecule has 0 radical (unpaired) electrons. The minimum absolute atomic E-state index is 0.0748. The zero-order valence-corrected chi connectivity index (χ0v) is 11.5. The Bertz CT molecular complexity index is 222. The third-order valence-corrected chi connectivity index (χ3v) is 5.02. The molecule has 0 aromatic rings. The Kier molecular flexibility index (Phi) is 9.31. The van der Waals surface area contributed by atoms with Crippen LogP contribution in [0.15, 0.2) is 12.7 Å². The van der Waals surface area contributed by atoms with Crippen LogP contribution < -0.4 is 0 Å². The highest BCUT2D eigenvalue weighted by molar-refractivity contribution is 7.58. The van der Waals surface area contributed by atoms with Crippen LogP contribution in [-0.4, -0.2) is 41.7 Å². The Balaban J connectivity index is 4.52. The van der Waals surface area contributed by atoms with Crippen molar-refractivity contribution in [2.75, 3.05) is 37.1 Å². The van der Waals surface area contributed by atoms with Crippen LogP contribution >= 0.6 is 42.3 Å². The molecule has 0 bridgehead atoms. The quantitative estimate of drug-likeness (QED) is 0.371. The molecule has 0 aromatic carbocycles. The molecule has 1 atom stereocenters. The summed E-state index contributed by atoms with van der Waals surface area (Å²) in [4.78, 5) is 0. The third kappa shape index (κ3) is 5.58. The van der Waals surface area contributed by atoms with Crippen LogP contribution in [0.4, 0.5) is 0 Å². The molecule has 90 valence electrons. The standard InChI is InChI=1S/C8H15Cl3NO2P/c1-2-7-14-15(13,8-11)12(5-3-9)6-4-10/h2H,1,3-8H2. The van der Waals surface area contributed by atoms with Crippen molar-refractivity contribution in [3.63, 3.8) is 0 Å². The zero-order valence-electron chi connectivity index (χ0n) is 8.37. The molecule has 0 saturated heterocycles. The van der Waals surface area contributed by atoms with Gasteiger partial charge in [-0.1, -0.05) is 6.08 Å². The fraction of sp³-hybridized carbons (Fsp3) is 0.750. The van der Waals surface area contributed by atoms with Gasteiger partial charge < -0.3 is 4.52 Å². The Morgan fingerprint density at radius 2 is 1.80 bits per heavy atom. The van der Waals surface area contributed by atoms with E-state index >= 15 is 0 Å². The fourth-order valence-corrected chi connectivity index (χ4v) is 3.81. The van der Waals surface area contributed by atoms with Crippen molar-refractivity contribution >= 4 is 42.3 Å². The van der Waals surface area contributed by atoms with Gasteiger partial charge in [-0.15, -0.1) is 41.4 Å². The summed E-state index contributed by atoms with van der Waals surface area (Å²) < 4.78 is 19.0. The normalized spacial score (nSPS) is 15.2. The van der Waals surface area contributed by atoms with Gasteiger partial charge in [0.25, 0.3) is 7.52 Å². The molecule has 0 N–H and O–H groups in total. The lowest BCUT2D eigenvalue weighted by Crippen LogP contribution is -2.26. The maximum absolute atomic E-state index is 12.2. The Labute approximate surface area is 106 Å². The maximum Gasteiger partial charge on any atom is 0.287 e. The highest BCUT2D eigenvalue weighted by Crippen LogP contribution is 2.51.